The highest BCUT2D eigenvalue weighted by Crippen LogP contribution is 1.98. The molecule has 0 aliphatic carbocycles. The van der Waals surface area contributed by atoms with Gasteiger partial charge in [0.1, 0.15) is 0 Å². The number of rotatable bonds is 6. The molecule has 0 fully saturated rings. The molecule has 0 spiro atoms. The van der Waals surface area contributed by atoms with Crippen LogP contribution < -0.4 is 5.73 Å². The van der Waals surface area contributed by atoms with Crippen LogP contribution in [0.4, 0.5) is 8.78 Å². The van der Waals surface area contributed by atoms with Crippen LogP contribution in [-0.4, -0.2) is 48.7 Å². The van der Waals surface area contributed by atoms with Crippen LogP contribution in [0.1, 0.15) is 6.92 Å². The van der Waals surface area contributed by atoms with Crippen molar-refractivity contribution in [2.75, 3.05) is 26.2 Å². The third-order valence-corrected chi connectivity index (χ3v) is 1.36. The first-order valence-electron chi connectivity index (χ1n) is 3.95. The van der Waals surface area contributed by atoms with E-state index in [0.717, 1.165) is 0 Å². The normalized spacial score (nSPS) is 14.2. The van der Waals surface area contributed by atoms with Crippen molar-refractivity contribution in [3.63, 3.8) is 0 Å². The summed E-state index contributed by atoms with van der Waals surface area (Å²) in [5, 5.41) is 8.93. The highest BCUT2D eigenvalue weighted by Gasteiger charge is 2.12. The summed E-state index contributed by atoms with van der Waals surface area (Å²) in [6.07, 6.45) is -2.95. The zero-order valence-corrected chi connectivity index (χ0v) is 7.21. The van der Waals surface area contributed by atoms with Gasteiger partial charge in [-0.1, -0.05) is 0 Å². The number of aliphatic hydroxyl groups is 1. The molecule has 0 amide bonds. The Balaban J connectivity index is 3.69. The van der Waals surface area contributed by atoms with Crippen LogP contribution in [0.2, 0.25) is 0 Å². The summed E-state index contributed by atoms with van der Waals surface area (Å²) in [7, 11) is 0. The van der Waals surface area contributed by atoms with Crippen molar-refractivity contribution in [3.8, 4) is 0 Å². The second kappa shape index (κ2) is 6.28. The van der Waals surface area contributed by atoms with Crippen molar-refractivity contribution in [1.29, 1.82) is 0 Å². The Morgan fingerprint density at radius 2 is 2.00 bits per heavy atom. The Hall–Kier alpha value is -0.260. The van der Waals surface area contributed by atoms with Gasteiger partial charge in [-0.3, -0.25) is 4.90 Å². The minimum Gasteiger partial charge on any atom is -0.392 e. The Morgan fingerprint density at radius 3 is 2.33 bits per heavy atom. The quantitative estimate of drug-likeness (QED) is 0.602. The van der Waals surface area contributed by atoms with Gasteiger partial charge < -0.3 is 10.8 Å². The lowest BCUT2D eigenvalue weighted by atomic mass is 10.3. The third kappa shape index (κ3) is 6.45. The van der Waals surface area contributed by atoms with Gasteiger partial charge in [-0.2, -0.15) is 0 Å². The molecule has 12 heavy (non-hydrogen) atoms. The molecule has 0 bridgehead atoms. The van der Waals surface area contributed by atoms with Crippen LogP contribution >= 0.6 is 0 Å². The van der Waals surface area contributed by atoms with E-state index >= 15 is 0 Å². The minimum absolute atomic E-state index is 0.252. The van der Waals surface area contributed by atoms with Crippen molar-refractivity contribution in [2.24, 2.45) is 5.73 Å². The Morgan fingerprint density at radius 1 is 1.42 bits per heavy atom. The number of hydrogen-bond acceptors (Lipinski definition) is 3. The molecule has 0 radical (unpaired) electrons. The standard InChI is InChI=1S/C7H16F2N2O/c1-6(12)4-11(3-2-10)5-7(8)9/h6-7,12H,2-5,10H2,1H3. The molecule has 1 unspecified atom stereocenters. The van der Waals surface area contributed by atoms with Gasteiger partial charge in [0.05, 0.1) is 12.6 Å². The maximum absolute atomic E-state index is 11.9. The molecule has 0 aromatic rings. The molecule has 3 nitrogen and oxygen atoms in total. The van der Waals surface area contributed by atoms with Gasteiger partial charge in [0.25, 0.3) is 6.43 Å². The topological polar surface area (TPSA) is 49.5 Å². The average Bonchev–Trinajstić information content (AvgIpc) is 1.84. The van der Waals surface area contributed by atoms with Gasteiger partial charge in [0.2, 0.25) is 0 Å². The highest BCUT2D eigenvalue weighted by molar-refractivity contribution is 4.62. The van der Waals surface area contributed by atoms with Gasteiger partial charge in [0.15, 0.2) is 0 Å². The first-order valence-corrected chi connectivity index (χ1v) is 3.95. The van der Waals surface area contributed by atoms with Crippen molar-refractivity contribution in [2.45, 2.75) is 19.5 Å². The van der Waals surface area contributed by atoms with E-state index in [2.05, 4.69) is 0 Å². The number of nitrogens with two attached hydrogens (primary N) is 1. The first kappa shape index (κ1) is 11.7. The average molecular weight is 182 g/mol. The maximum Gasteiger partial charge on any atom is 0.251 e. The number of aliphatic hydroxyl groups excluding tert-OH is 1. The maximum atomic E-state index is 11.9. The van der Waals surface area contributed by atoms with Gasteiger partial charge in [-0.25, -0.2) is 8.78 Å². The molecular formula is C7H16F2N2O. The lowest BCUT2D eigenvalue weighted by Crippen LogP contribution is -2.38. The van der Waals surface area contributed by atoms with Gasteiger partial charge in [0, 0.05) is 19.6 Å². The van der Waals surface area contributed by atoms with Crippen LogP contribution in [0.25, 0.3) is 0 Å². The van der Waals surface area contributed by atoms with E-state index in [4.69, 9.17) is 10.8 Å². The van der Waals surface area contributed by atoms with Gasteiger partial charge in [-0.15, -0.1) is 0 Å². The number of alkyl halides is 2. The summed E-state index contributed by atoms with van der Waals surface area (Å²) in [6, 6.07) is 0. The largest absolute Gasteiger partial charge is 0.392 e. The monoisotopic (exact) mass is 182 g/mol. The SMILES string of the molecule is CC(O)CN(CCN)CC(F)F. The Kier molecular flexibility index (Phi) is 6.14. The van der Waals surface area contributed by atoms with E-state index in [1.165, 1.54) is 4.90 Å². The molecule has 5 heteroatoms. The molecule has 0 aromatic carbocycles. The van der Waals surface area contributed by atoms with E-state index in [1.54, 1.807) is 6.92 Å². The van der Waals surface area contributed by atoms with Crippen molar-refractivity contribution in [1.82, 2.24) is 4.90 Å². The fourth-order valence-corrected chi connectivity index (χ4v) is 1.01. The molecule has 74 valence electrons. The molecule has 0 aliphatic heterocycles. The van der Waals surface area contributed by atoms with Gasteiger partial charge in [-0.05, 0) is 6.92 Å². The smallest absolute Gasteiger partial charge is 0.251 e. The fraction of sp³-hybridized carbons (Fsp3) is 1.00. The molecule has 3 N–H and O–H groups in total. The van der Waals surface area contributed by atoms with E-state index in [0.29, 0.717) is 13.1 Å². The van der Waals surface area contributed by atoms with Crippen molar-refractivity contribution >= 4 is 0 Å². The van der Waals surface area contributed by atoms with Crippen LogP contribution in [0, 0.1) is 0 Å². The van der Waals surface area contributed by atoms with E-state index < -0.39 is 12.5 Å². The first-order chi connectivity index (χ1) is 5.56. The van der Waals surface area contributed by atoms with Crippen LogP contribution in [0.5, 0.6) is 0 Å². The third-order valence-electron chi connectivity index (χ3n) is 1.36. The van der Waals surface area contributed by atoms with E-state index in [1.807, 2.05) is 0 Å². The van der Waals surface area contributed by atoms with Crippen LogP contribution in [-0.2, 0) is 0 Å². The summed E-state index contributed by atoms with van der Waals surface area (Å²) < 4.78 is 23.8. The van der Waals surface area contributed by atoms with E-state index in [-0.39, 0.29) is 13.1 Å². The van der Waals surface area contributed by atoms with Crippen LogP contribution in [0.3, 0.4) is 0 Å². The lowest BCUT2D eigenvalue weighted by Gasteiger charge is -2.22. The zero-order chi connectivity index (χ0) is 9.56. The fourth-order valence-electron chi connectivity index (χ4n) is 1.01. The predicted molar refractivity (Wildman–Crippen MR) is 43.2 cm³/mol. The van der Waals surface area contributed by atoms with Crippen molar-refractivity contribution < 1.29 is 13.9 Å². The molecule has 0 saturated heterocycles. The molecule has 0 saturated carbocycles. The molecule has 0 aromatic heterocycles. The minimum atomic E-state index is -2.37. The molecule has 1 atom stereocenters. The Bertz CT molecular complexity index is 102. The molecular weight excluding hydrogens is 166 g/mol. The van der Waals surface area contributed by atoms with E-state index in [9.17, 15) is 8.78 Å². The zero-order valence-electron chi connectivity index (χ0n) is 7.21. The molecule has 0 heterocycles. The van der Waals surface area contributed by atoms with Gasteiger partial charge >= 0.3 is 0 Å². The van der Waals surface area contributed by atoms with Crippen LogP contribution in [0.15, 0.2) is 0 Å². The number of hydrogen-bond donors (Lipinski definition) is 2. The summed E-state index contributed by atoms with van der Waals surface area (Å²) in [5.74, 6) is 0. The summed E-state index contributed by atoms with van der Waals surface area (Å²) in [6.45, 7) is 2.23. The molecule has 0 rings (SSSR count). The molecule has 0 aliphatic rings. The number of nitrogens with zero attached hydrogens (tertiary/aromatic N) is 1. The predicted octanol–water partition coefficient (Wildman–Crippen LogP) is -0.107. The summed E-state index contributed by atoms with van der Waals surface area (Å²) >= 11 is 0. The highest BCUT2D eigenvalue weighted by atomic mass is 19.3. The summed E-state index contributed by atoms with van der Waals surface area (Å²) in [5.41, 5.74) is 5.21. The number of halogens is 2. The second-order valence-electron chi connectivity index (χ2n) is 2.79. The Labute approximate surface area is 71.2 Å². The van der Waals surface area contributed by atoms with Crippen molar-refractivity contribution in [3.05, 3.63) is 0 Å². The summed E-state index contributed by atoms with van der Waals surface area (Å²) in [4.78, 5) is 1.45. The lowest BCUT2D eigenvalue weighted by molar-refractivity contribution is 0.0618. The second-order valence-corrected chi connectivity index (χ2v) is 2.79.